The molecule has 25 heavy (non-hydrogen) atoms. The summed E-state index contributed by atoms with van der Waals surface area (Å²) >= 11 is 0. The minimum Gasteiger partial charge on any atom is -0.548 e. The maximum absolute atomic E-state index is 11.9. The van der Waals surface area contributed by atoms with Crippen LogP contribution in [0.25, 0.3) is 10.9 Å². The summed E-state index contributed by atoms with van der Waals surface area (Å²) in [6.07, 6.45) is 2.96. The van der Waals surface area contributed by atoms with E-state index in [1.54, 1.807) is 7.11 Å². The molecule has 0 radical (unpaired) electrons. The molecule has 0 aliphatic carbocycles. The molecule has 1 aliphatic heterocycles. The zero-order valence-electron chi connectivity index (χ0n) is 15.6. The van der Waals surface area contributed by atoms with Gasteiger partial charge in [0.05, 0.1) is 19.1 Å². The number of nitrogens with one attached hydrogen (secondary N) is 1. The number of ether oxygens (including phenoxy) is 1. The number of carbonyl (C=O) groups is 1. The minimum atomic E-state index is -1.03. The average Bonchev–Trinajstić information content (AvgIpc) is 2.96. The first-order valence-corrected chi connectivity index (χ1v) is 8.72. The van der Waals surface area contributed by atoms with Gasteiger partial charge in [0.2, 0.25) is 0 Å². The number of carbonyl (C=O) groups excluding carboxylic acids is 1. The Kier molecular flexibility index (Phi) is 6.97. The van der Waals surface area contributed by atoms with Crippen molar-refractivity contribution in [1.29, 1.82) is 0 Å². The summed E-state index contributed by atoms with van der Waals surface area (Å²) in [5.41, 5.74) is 2.81. The fraction of sp³-hybridized carbons (Fsp3) is 0.526. The van der Waals surface area contributed by atoms with E-state index in [4.69, 9.17) is 4.74 Å². The number of hydrogen-bond donors (Lipinski definition) is 1. The Labute approximate surface area is 171 Å². The van der Waals surface area contributed by atoms with E-state index < -0.39 is 12.0 Å². The first-order valence-electron chi connectivity index (χ1n) is 8.72. The third-order valence-electron chi connectivity index (χ3n) is 5.30. The fourth-order valence-corrected chi connectivity index (χ4v) is 3.79. The van der Waals surface area contributed by atoms with Crippen molar-refractivity contribution in [2.75, 3.05) is 20.2 Å². The molecule has 0 amide bonds. The molecule has 0 fully saturated rings. The van der Waals surface area contributed by atoms with Crippen molar-refractivity contribution in [1.82, 2.24) is 9.88 Å². The number of aromatic nitrogens is 1. The summed E-state index contributed by atoms with van der Waals surface area (Å²) in [5, 5.41) is 12.9. The van der Waals surface area contributed by atoms with Gasteiger partial charge >= 0.3 is 29.6 Å². The van der Waals surface area contributed by atoms with E-state index in [0.29, 0.717) is 5.92 Å². The van der Waals surface area contributed by atoms with E-state index in [1.165, 1.54) is 0 Å². The molecule has 1 aromatic carbocycles. The topological polar surface area (TPSA) is 68.4 Å². The van der Waals surface area contributed by atoms with Gasteiger partial charge in [-0.3, -0.25) is 4.90 Å². The standard InChI is InChI=1S/C19H26N2O3.Na/c1-4-12(5-2)11-21-9-8-14-15-10-13(24-3)6-7-16(15)20-17(14)18(21)19(22)23;/h6-7,10,12,18,20H,4-5,8-9,11H2,1-3H3,(H,22,23);/q;+1/p-1. The Hall–Kier alpha value is -1.01. The molecule has 0 saturated heterocycles. The normalized spacial score (nSPS) is 17.4. The predicted octanol–water partition coefficient (Wildman–Crippen LogP) is -0.734. The number of aromatic amines is 1. The van der Waals surface area contributed by atoms with Crippen molar-refractivity contribution in [3.63, 3.8) is 0 Å². The van der Waals surface area contributed by atoms with Gasteiger partial charge in [-0.1, -0.05) is 26.7 Å². The van der Waals surface area contributed by atoms with Crippen LogP contribution >= 0.6 is 0 Å². The predicted molar refractivity (Wildman–Crippen MR) is 91.9 cm³/mol. The van der Waals surface area contributed by atoms with Gasteiger partial charge in [0.1, 0.15) is 5.75 Å². The van der Waals surface area contributed by atoms with Crippen LogP contribution in [0.15, 0.2) is 18.2 Å². The van der Waals surface area contributed by atoms with Gasteiger partial charge < -0.3 is 19.6 Å². The first kappa shape index (κ1) is 20.3. The quantitative estimate of drug-likeness (QED) is 0.696. The summed E-state index contributed by atoms with van der Waals surface area (Å²) in [7, 11) is 1.64. The van der Waals surface area contributed by atoms with Crippen molar-refractivity contribution < 1.29 is 44.2 Å². The van der Waals surface area contributed by atoms with Gasteiger partial charge in [-0.25, -0.2) is 0 Å². The zero-order valence-corrected chi connectivity index (χ0v) is 17.6. The van der Waals surface area contributed by atoms with Crippen LogP contribution in [-0.2, 0) is 11.2 Å². The van der Waals surface area contributed by atoms with E-state index in [-0.39, 0.29) is 29.6 Å². The molecule has 0 bridgehead atoms. The Morgan fingerprint density at radius 1 is 1.40 bits per heavy atom. The van der Waals surface area contributed by atoms with Gasteiger partial charge in [0.25, 0.3) is 0 Å². The monoisotopic (exact) mass is 352 g/mol. The second-order valence-corrected chi connectivity index (χ2v) is 6.58. The molecule has 1 aliphatic rings. The van der Waals surface area contributed by atoms with Crippen LogP contribution < -0.4 is 39.4 Å². The number of carboxylic acids is 1. The van der Waals surface area contributed by atoms with Crippen molar-refractivity contribution >= 4 is 16.9 Å². The van der Waals surface area contributed by atoms with Crippen LogP contribution in [0.2, 0.25) is 0 Å². The van der Waals surface area contributed by atoms with Crippen LogP contribution in [0.3, 0.4) is 0 Å². The smallest absolute Gasteiger partial charge is 0.548 e. The van der Waals surface area contributed by atoms with Crippen LogP contribution in [-0.4, -0.2) is 36.1 Å². The largest absolute Gasteiger partial charge is 1.00 e. The number of carboxylic acid groups (broad SMARTS) is 1. The van der Waals surface area contributed by atoms with Crippen molar-refractivity contribution in [3.8, 4) is 5.75 Å². The second-order valence-electron chi connectivity index (χ2n) is 6.58. The molecule has 1 unspecified atom stereocenters. The molecule has 6 heteroatoms. The fourth-order valence-electron chi connectivity index (χ4n) is 3.79. The molecular formula is C19H25N2NaO3. The number of H-pyrrole nitrogens is 1. The number of hydrogen-bond acceptors (Lipinski definition) is 4. The molecule has 0 spiro atoms. The molecule has 2 aromatic rings. The number of nitrogens with zero attached hydrogens (tertiary/aromatic N) is 1. The van der Waals surface area contributed by atoms with Crippen molar-refractivity contribution in [2.45, 2.75) is 39.2 Å². The molecule has 2 heterocycles. The molecule has 3 rings (SSSR count). The van der Waals surface area contributed by atoms with Crippen LogP contribution in [0.1, 0.15) is 44.0 Å². The van der Waals surface area contributed by atoms with E-state index >= 15 is 0 Å². The summed E-state index contributed by atoms with van der Waals surface area (Å²) in [6, 6.07) is 5.12. The Morgan fingerprint density at radius 3 is 2.72 bits per heavy atom. The van der Waals surface area contributed by atoms with Crippen LogP contribution in [0, 0.1) is 5.92 Å². The Balaban J connectivity index is 0.00000225. The maximum atomic E-state index is 11.9. The van der Waals surface area contributed by atoms with Gasteiger partial charge in [-0.2, -0.15) is 0 Å². The summed E-state index contributed by atoms with van der Waals surface area (Å²) in [4.78, 5) is 17.3. The number of fused-ring (bicyclic) bond motifs is 3. The number of aliphatic carboxylic acids is 1. The van der Waals surface area contributed by atoms with Crippen molar-refractivity contribution in [2.24, 2.45) is 5.92 Å². The first-order chi connectivity index (χ1) is 11.6. The third-order valence-corrected chi connectivity index (χ3v) is 5.30. The minimum absolute atomic E-state index is 0. The molecule has 130 valence electrons. The number of methoxy groups -OCH3 is 1. The molecular weight excluding hydrogens is 327 g/mol. The maximum Gasteiger partial charge on any atom is 1.00 e. The third kappa shape index (κ3) is 3.90. The van der Waals surface area contributed by atoms with Gasteiger partial charge in [-0.05, 0) is 36.1 Å². The molecule has 1 atom stereocenters. The summed E-state index contributed by atoms with van der Waals surface area (Å²) in [6.45, 7) is 5.86. The Morgan fingerprint density at radius 2 is 2.12 bits per heavy atom. The van der Waals surface area contributed by atoms with E-state index in [0.717, 1.165) is 60.3 Å². The number of benzene rings is 1. The van der Waals surface area contributed by atoms with Gasteiger partial charge in [0, 0.05) is 29.7 Å². The molecule has 1 N–H and O–H groups in total. The summed E-state index contributed by atoms with van der Waals surface area (Å²) in [5.74, 6) is 0.270. The van der Waals surface area contributed by atoms with Crippen LogP contribution in [0.5, 0.6) is 5.75 Å². The van der Waals surface area contributed by atoms with E-state index in [1.807, 2.05) is 18.2 Å². The van der Waals surface area contributed by atoms with Gasteiger partial charge in [-0.15, -0.1) is 0 Å². The molecule has 0 saturated carbocycles. The van der Waals surface area contributed by atoms with E-state index in [2.05, 4.69) is 23.7 Å². The average molecular weight is 352 g/mol. The molecule has 5 nitrogen and oxygen atoms in total. The summed E-state index contributed by atoms with van der Waals surface area (Å²) < 4.78 is 5.31. The SMILES string of the molecule is CCC(CC)CN1CCc2c([nH]c3ccc(OC)cc23)C1C(=O)[O-].[Na+]. The zero-order chi connectivity index (χ0) is 17.3. The second kappa shape index (κ2) is 8.58. The number of rotatable bonds is 6. The van der Waals surface area contributed by atoms with Gasteiger partial charge in [0.15, 0.2) is 0 Å². The van der Waals surface area contributed by atoms with E-state index in [9.17, 15) is 9.90 Å². The van der Waals surface area contributed by atoms with Crippen molar-refractivity contribution in [3.05, 3.63) is 29.5 Å². The molecule has 1 aromatic heterocycles. The Bertz CT molecular complexity index is 740. The van der Waals surface area contributed by atoms with Crippen LogP contribution in [0.4, 0.5) is 0 Å².